The number of anilines is 1. The summed E-state index contributed by atoms with van der Waals surface area (Å²) in [5, 5.41) is 8.76. The molecule has 3 rings (SSSR count). The number of nitrogens with zero attached hydrogens (tertiary/aromatic N) is 5. The number of aromatic nitrogens is 4. The van der Waals surface area contributed by atoms with Crippen molar-refractivity contribution in [3.63, 3.8) is 0 Å². The largest absolute Gasteiger partial charge is 0.425 e. The molecular formula is C10H12N5Re-. The molecule has 2 aromatic heterocycles. The van der Waals surface area contributed by atoms with Gasteiger partial charge in [-0.05, 0) is 25.9 Å². The average Bonchev–Trinajstić information content (AvgIpc) is 2.65. The zero-order valence-corrected chi connectivity index (χ0v) is 11.9. The minimum absolute atomic E-state index is 0. The van der Waals surface area contributed by atoms with E-state index < -0.39 is 0 Å². The van der Waals surface area contributed by atoms with E-state index in [9.17, 15) is 0 Å². The minimum atomic E-state index is 0. The molecule has 0 spiro atoms. The van der Waals surface area contributed by atoms with E-state index in [1.54, 1.807) is 12.5 Å². The summed E-state index contributed by atoms with van der Waals surface area (Å²) in [6.45, 7) is 5.48. The van der Waals surface area contributed by atoms with Crippen LogP contribution in [0.3, 0.4) is 0 Å². The minimum Gasteiger partial charge on any atom is -0.425 e. The monoisotopic (exact) mass is 389 g/mol. The molecule has 0 saturated carbocycles. The maximum Gasteiger partial charge on any atom is 0.137 e. The summed E-state index contributed by atoms with van der Waals surface area (Å²) in [5.74, 6) is 0.959. The molecule has 1 fully saturated rings. The molecule has 0 amide bonds. The van der Waals surface area contributed by atoms with E-state index in [0.717, 1.165) is 17.7 Å². The molecule has 85 valence electrons. The molecule has 1 radical (unpaired) electrons. The van der Waals surface area contributed by atoms with Crippen LogP contribution in [-0.4, -0.2) is 27.2 Å². The number of hydrogen-bond acceptors (Lipinski definition) is 4. The van der Waals surface area contributed by atoms with Crippen LogP contribution < -0.4 is 10.00 Å². The van der Waals surface area contributed by atoms with Crippen molar-refractivity contribution in [3.8, 4) is 0 Å². The molecule has 0 aromatic carbocycles. The van der Waals surface area contributed by atoms with Gasteiger partial charge < -0.3 is 15.0 Å². The Hall–Kier alpha value is -0.988. The zero-order valence-electron chi connectivity index (χ0n) is 9.18. The molecule has 0 atom stereocenters. The molecule has 0 aliphatic carbocycles. The molecule has 16 heavy (non-hydrogen) atoms. The maximum absolute atomic E-state index is 4.33. The number of fused-ring (bicyclic) bond motifs is 1. The fourth-order valence-corrected chi connectivity index (χ4v) is 1.99. The van der Waals surface area contributed by atoms with Crippen LogP contribution in [0.25, 0.3) is 11.0 Å². The van der Waals surface area contributed by atoms with Crippen LogP contribution in [-0.2, 0) is 20.4 Å². The maximum atomic E-state index is 4.33. The van der Waals surface area contributed by atoms with Crippen LogP contribution in [0.5, 0.6) is 0 Å². The van der Waals surface area contributed by atoms with E-state index in [1.807, 2.05) is 0 Å². The Bertz CT molecular complexity index is 507. The molecule has 2 aromatic rings. The Balaban J connectivity index is 0.000000963. The summed E-state index contributed by atoms with van der Waals surface area (Å²) in [5.41, 5.74) is 0.876. The first-order valence-corrected chi connectivity index (χ1v) is 5.05. The summed E-state index contributed by atoms with van der Waals surface area (Å²) < 4.78 is 0. The standard InChI is InChI=1S/C10H12N5.Re/c1-10(2)3-4-15(10)9-7-5-13-14-8(7)11-6-12-9;/h5-6H,3-4H2,1-2H3;/q-1;. The van der Waals surface area contributed by atoms with Crippen LogP contribution >= 0.6 is 0 Å². The molecule has 0 bridgehead atoms. The zero-order chi connectivity index (χ0) is 10.5. The van der Waals surface area contributed by atoms with Gasteiger partial charge in [-0.15, -0.1) is 0 Å². The van der Waals surface area contributed by atoms with Gasteiger partial charge in [-0.25, -0.2) is 4.98 Å². The van der Waals surface area contributed by atoms with E-state index in [2.05, 4.69) is 38.9 Å². The van der Waals surface area contributed by atoms with Crippen molar-refractivity contribution < 1.29 is 20.4 Å². The fraction of sp³-hybridized carbons (Fsp3) is 0.500. The molecule has 1 aliphatic rings. The van der Waals surface area contributed by atoms with E-state index in [0.29, 0.717) is 5.65 Å². The Morgan fingerprint density at radius 1 is 1.38 bits per heavy atom. The van der Waals surface area contributed by atoms with Crippen LogP contribution in [0, 0.1) is 0 Å². The van der Waals surface area contributed by atoms with Crippen molar-refractivity contribution in [2.24, 2.45) is 0 Å². The van der Waals surface area contributed by atoms with E-state index in [-0.39, 0.29) is 26.0 Å². The molecule has 1 aliphatic heterocycles. The first-order chi connectivity index (χ1) is 7.18. The van der Waals surface area contributed by atoms with Crippen molar-refractivity contribution in [1.29, 1.82) is 0 Å². The Labute approximate surface area is 107 Å². The number of hydrogen-bond donors (Lipinski definition) is 0. The van der Waals surface area contributed by atoms with Gasteiger partial charge in [0.2, 0.25) is 0 Å². The van der Waals surface area contributed by atoms with Crippen LogP contribution in [0.1, 0.15) is 20.3 Å². The van der Waals surface area contributed by atoms with Crippen molar-refractivity contribution >= 4 is 16.9 Å². The summed E-state index contributed by atoms with van der Waals surface area (Å²) in [4.78, 5) is 10.7. The molecule has 1 saturated heterocycles. The molecule has 0 N–H and O–H groups in total. The second-order valence-electron chi connectivity index (χ2n) is 4.49. The van der Waals surface area contributed by atoms with Crippen molar-refractivity contribution in [3.05, 3.63) is 12.5 Å². The first-order valence-electron chi connectivity index (χ1n) is 5.05. The molecule has 6 heteroatoms. The predicted octanol–water partition coefficient (Wildman–Crippen LogP) is 0.968. The van der Waals surface area contributed by atoms with Crippen molar-refractivity contribution in [2.75, 3.05) is 11.4 Å². The van der Waals surface area contributed by atoms with Gasteiger partial charge in [0, 0.05) is 50.4 Å². The Kier molecular flexibility index (Phi) is 2.72. The van der Waals surface area contributed by atoms with Crippen LogP contribution in [0.2, 0.25) is 0 Å². The van der Waals surface area contributed by atoms with Gasteiger partial charge in [0.05, 0.1) is 0 Å². The number of rotatable bonds is 1. The van der Waals surface area contributed by atoms with Gasteiger partial charge >= 0.3 is 0 Å². The molecule has 3 heterocycles. The van der Waals surface area contributed by atoms with Crippen molar-refractivity contribution in [1.82, 2.24) is 20.2 Å². The van der Waals surface area contributed by atoms with Gasteiger partial charge in [0.15, 0.2) is 0 Å². The van der Waals surface area contributed by atoms with E-state index in [1.165, 1.54) is 6.42 Å². The first kappa shape index (κ1) is 11.5. The SMILES string of the molecule is CC1(C)CCN1c1ncnc2[n-]ncc12.[Re]. The smallest absolute Gasteiger partial charge is 0.137 e. The van der Waals surface area contributed by atoms with Gasteiger partial charge in [0.1, 0.15) is 5.82 Å². The summed E-state index contributed by atoms with van der Waals surface area (Å²) in [6, 6.07) is 0. The Morgan fingerprint density at radius 2 is 2.19 bits per heavy atom. The summed E-state index contributed by atoms with van der Waals surface area (Å²) in [7, 11) is 0. The van der Waals surface area contributed by atoms with E-state index >= 15 is 0 Å². The van der Waals surface area contributed by atoms with Gasteiger partial charge in [0.25, 0.3) is 0 Å². The second kappa shape index (κ2) is 3.79. The third-order valence-corrected chi connectivity index (χ3v) is 3.11. The van der Waals surface area contributed by atoms with Crippen LogP contribution in [0.4, 0.5) is 5.82 Å². The van der Waals surface area contributed by atoms with Gasteiger partial charge in [-0.2, -0.15) is 0 Å². The van der Waals surface area contributed by atoms with Gasteiger partial charge in [-0.1, -0.05) is 0 Å². The average molecular weight is 388 g/mol. The second-order valence-corrected chi connectivity index (χ2v) is 4.49. The third-order valence-electron chi connectivity index (χ3n) is 3.11. The van der Waals surface area contributed by atoms with E-state index in [4.69, 9.17) is 0 Å². The summed E-state index contributed by atoms with van der Waals surface area (Å²) >= 11 is 0. The van der Waals surface area contributed by atoms with Crippen molar-refractivity contribution in [2.45, 2.75) is 25.8 Å². The normalized spacial score (nSPS) is 18.0. The predicted molar refractivity (Wildman–Crippen MR) is 56.7 cm³/mol. The van der Waals surface area contributed by atoms with Gasteiger partial charge in [-0.3, -0.25) is 5.10 Å². The Morgan fingerprint density at radius 3 is 2.81 bits per heavy atom. The quantitative estimate of drug-likeness (QED) is 0.729. The molecule has 5 nitrogen and oxygen atoms in total. The third kappa shape index (κ3) is 1.53. The fourth-order valence-electron chi connectivity index (χ4n) is 1.99. The summed E-state index contributed by atoms with van der Waals surface area (Å²) in [6.07, 6.45) is 4.49. The van der Waals surface area contributed by atoms with Crippen LogP contribution in [0.15, 0.2) is 12.5 Å². The topological polar surface area (TPSA) is 56.0 Å². The molecule has 0 unspecified atom stereocenters. The molecular weight excluding hydrogens is 376 g/mol.